The van der Waals surface area contributed by atoms with E-state index in [0.717, 1.165) is 43.2 Å². The van der Waals surface area contributed by atoms with E-state index in [1.54, 1.807) is 0 Å². The minimum atomic E-state index is 0.294. The Morgan fingerprint density at radius 1 is 1.33 bits per heavy atom. The number of hydrogen-bond donors (Lipinski definition) is 1. The van der Waals surface area contributed by atoms with Gasteiger partial charge in [0.05, 0.1) is 0 Å². The number of aryl methyl sites for hydroxylation is 1. The Morgan fingerprint density at radius 2 is 2.13 bits per heavy atom. The second-order valence-corrected chi connectivity index (χ2v) is 4.28. The van der Waals surface area contributed by atoms with Gasteiger partial charge in [0.15, 0.2) is 0 Å². The van der Waals surface area contributed by atoms with E-state index in [2.05, 4.69) is 21.2 Å². The molecule has 4 nitrogen and oxygen atoms in total. The Bertz CT molecular complexity index is 277. The summed E-state index contributed by atoms with van der Waals surface area (Å²) in [6, 6.07) is 0. The molecule has 86 valence electrons. The van der Waals surface area contributed by atoms with E-state index < -0.39 is 0 Å². The molecule has 1 heterocycles. The zero-order valence-corrected chi connectivity index (χ0v) is 10.3. The highest BCUT2D eigenvalue weighted by Crippen LogP contribution is 2.16. The van der Waals surface area contributed by atoms with Gasteiger partial charge in [0.25, 0.3) is 0 Å². The summed E-state index contributed by atoms with van der Waals surface area (Å²) in [5.41, 5.74) is 0. The Hall–Kier alpha value is -0.680. The van der Waals surface area contributed by atoms with Crippen LogP contribution >= 0.6 is 11.5 Å². The van der Waals surface area contributed by atoms with Crippen LogP contribution in [0.3, 0.4) is 0 Å². The molecule has 0 saturated heterocycles. The summed E-state index contributed by atoms with van der Waals surface area (Å²) in [7, 11) is 2.04. The van der Waals surface area contributed by atoms with Gasteiger partial charge in [0.1, 0.15) is 5.82 Å². The van der Waals surface area contributed by atoms with Crippen LogP contribution in [0.25, 0.3) is 0 Å². The van der Waals surface area contributed by atoms with Gasteiger partial charge in [-0.25, -0.2) is 4.98 Å². The normalized spacial score (nSPS) is 10.6. The average Bonchev–Trinajstić information content (AvgIpc) is 2.72. The summed E-state index contributed by atoms with van der Waals surface area (Å²) in [4.78, 5) is 6.54. The predicted molar refractivity (Wildman–Crippen MR) is 63.5 cm³/mol. The fraction of sp³-hybridized carbons (Fsp3) is 0.800. The fourth-order valence-electron chi connectivity index (χ4n) is 1.28. The molecule has 0 saturated carbocycles. The summed E-state index contributed by atoms with van der Waals surface area (Å²) in [5.74, 6) is 0.928. The van der Waals surface area contributed by atoms with Crippen LogP contribution in [-0.4, -0.2) is 34.7 Å². The van der Waals surface area contributed by atoms with Gasteiger partial charge in [-0.2, -0.15) is 4.37 Å². The molecule has 0 amide bonds. The number of hydrogen-bond acceptors (Lipinski definition) is 5. The van der Waals surface area contributed by atoms with E-state index in [1.165, 1.54) is 11.5 Å². The number of anilines is 1. The monoisotopic (exact) mass is 229 g/mol. The number of aliphatic hydroxyl groups excluding tert-OH is 1. The molecule has 0 spiro atoms. The first kappa shape index (κ1) is 12.4. The summed E-state index contributed by atoms with van der Waals surface area (Å²) in [5, 5.41) is 9.65. The molecule has 0 bridgehead atoms. The molecule has 0 aromatic carbocycles. The molecular formula is C10H19N3OS. The molecule has 1 aromatic rings. The van der Waals surface area contributed by atoms with Gasteiger partial charge in [-0.15, -0.1) is 0 Å². The van der Waals surface area contributed by atoms with Crippen molar-refractivity contribution < 1.29 is 5.11 Å². The highest BCUT2D eigenvalue weighted by molar-refractivity contribution is 7.09. The number of aromatic nitrogens is 2. The zero-order chi connectivity index (χ0) is 11.1. The first-order valence-electron chi connectivity index (χ1n) is 5.42. The van der Waals surface area contributed by atoms with Crippen molar-refractivity contribution in [2.24, 2.45) is 0 Å². The number of unbranched alkanes of at least 4 members (excludes halogenated alkanes) is 2. The second kappa shape index (κ2) is 6.74. The van der Waals surface area contributed by atoms with E-state index >= 15 is 0 Å². The zero-order valence-electron chi connectivity index (χ0n) is 9.44. The lowest BCUT2D eigenvalue weighted by molar-refractivity contribution is 0.283. The van der Waals surface area contributed by atoms with Gasteiger partial charge in [-0.1, -0.05) is 6.92 Å². The number of aliphatic hydroxyl groups is 1. The van der Waals surface area contributed by atoms with Crippen molar-refractivity contribution in [2.75, 3.05) is 25.1 Å². The van der Waals surface area contributed by atoms with Crippen molar-refractivity contribution in [3.63, 3.8) is 0 Å². The van der Waals surface area contributed by atoms with Crippen LogP contribution in [0.1, 0.15) is 32.0 Å². The van der Waals surface area contributed by atoms with Gasteiger partial charge in [-0.05, 0) is 19.3 Å². The molecular weight excluding hydrogens is 210 g/mol. The maximum atomic E-state index is 8.65. The molecule has 0 aliphatic rings. The Morgan fingerprint density at radius 3 is 2.73 bits per heavy atom. The summed E-state index contributed by atoms with van der Waals surface area (Å²) < 4.78 is 4.25. The van der Waals surface area contributed by atoms with Crippen molar-refractivity contribution >= 4 is 16.7 Å². The van der Waals surface area contributed by atoms with Crippen LogP contribution in [0.4, 0.5) is 5.13 Å². The largest absolute Gasteiger partial charge is 0.396 e. The maximum absolute atomic E-state index is 8.65. The van der Waals surface area contributed by atoms with Crippen LogP contribution < -0.4 is 4.90 Å². The van der Waals surface area contributed by atoms with E-state index in [9.17, 15) is 0 Å². The molecule has 1 N–H and O–H groups in total. The molecule has 0 aliphatic heterocycles. The van der Waals surface area contributed by atoms with Gasteiger partial charge < -0.3 is 10.0 Å². The van der Waals surface area contributed by atoms with Gasteiger partial charge in [0.2, 0.25) is 5.13 Å². The minimum Gasteiger partial charge on any atom is -0.396 e. The number of rotatable bonds is 7. The van der Waals surface area contributed by atoms with Crippen molar-refractivity contribution in [2.45, 2.75) is 32.6 Å². The molecule has 1 aromatic heterocycles. The minimum absolute atomic E-state index is 0.294. The SMILES string of the molecule is CCc1nsc(N(C)CCCCCO)n1. The lowest BCUT2D eigenvalue weighted by atomic mass is 10.2. The standard InChI is InChI=1S/C10H19N3OS/c1-3-9-11-10(15-12-9)13(2)7-5-4-6-8-14/h14H,3-8H2,1-2H3. The van der Waals surface area contributed by atoms with Crippen LogP contribution in [0.15, 0.2) is 0 Å². The highest BCUT2D eigenvalue weighted by Gasteiger charge is 2.06. The third kappa shape index (κ3) is 4.13. The van der Waals surface area contributed by atoms with Crippen LogP contribution in [0, 0.1) is 0 Å². The first-order valence-corrected chi connectivity index (χ1v) is 6.19. The third-order valence-electron chi connectivity index (χ3n) is 2.25. The average molecular weight is 229 g/mol. The van der Waals surface area contributed by atoms with Crippen LogP contribution in [-0.2, 0) is 6.42 Å². The summed E-state index contributed by atoms with van der Waals surface area (Å²) in [6.45, 7) is 3.34. The molecule has 1 rings (SSSR count). The first-order chi connectivity index (χ1) is 7.27. The Balaban J connectivity index is 2.29. The van der Waals surface area contributed by atoms with E-state index in [4.69, 9.17) is 5.11 Å². The van der Waals surface area contributed by atoms with Gasteiger partial charge >= 0.3 is 0 Å². The topological polar surface area (TPSA) is 49.2 Å². The van der Waals surface area contributed by atoms with E-state index in [0.29, 0.717) is 6.61 Å². The second-order valence-electron chi connectivity index (χ2n) is 3.55. The van der Waals surface area contributed by atoms with Crippen molar-refractivity contribution in [1.29, 1.82) is 0 Å². The van der Waals surface area contributed by atoms with E-state index in [1.807, 2.05) is 7.05 Å². The third-order valence-corrected chi connectivity index (χ3v) is 3.12. The molecule has 0 fully saturated rings. The molecule has 0 aliphatic carbocycles. The smallest absolute Gasteiger partial charge is 0.204 e. The van der Waals surface area contributed by atoms with Crippen molar-refractivity contribution in [1.82, 2.24) is 9.36 Å². The Labute approximate surface area is 95.1 Å². The van der Waals surface area contributed by atoms with Crippen LogP contribution in [0.2, 0.25) is 0 Å². The quantitative estimate of drug-likeness (QED) is 0.723. The molecule has 15 heavy (non-hydrogen) atoms. The predicted octanol–water partition coefficient (Wildman–Crippen LogP) is 1.70. The van der Waals surface area contributed by atoms with Crippen LogP contribution in [0.5, 0.6) is 0 Å². The maximum Gasteiger partial charge on any atom is 0.204 e. The van der Waals surface area contributed by atoms with Gasteiger partial charge in [0, 0.05) is 38.2 Å². The lowest BCUT2D eigenvalue weighted by Crippen LogP contribution is -2.18. The van der Waals surface area contributed by atoms with Crippen molar-refractivity contribution in [3.05, 3.63) is 5.82 Å². The fourth-order valence-corrected chi connectivity index (χ4v) is 2.01. The molecule has 0 radical (unpaired) electrons. The summed E-state index contributed by atoms with van der Waals surface area (Å²) >= 11 is 1.46. The number of nitrogens with zero attached hydrogens (tertiary/aromatic N) is 3. The summed E-state index contributed by atoms with van der Waals surface area (Å²) in [6.07, 6.45) is 3.96. The van der Waals surface area contributed by atoms with Crippen molar-refractivity contribution in [3.8, 4) is 0 Å². The molecule has 0 unspecified atom stereocenters. The molecule has 5 heteroatoms. The lowest BCUT2D eigenvalue weighted by Gasteiger charge is -2.14. The van der Waals surface area contributed by atoms with E-state index in [-0.39, 0.29) is 0 Å². The molecule has 0 atom stereocenters. The Kier molecular flexibility index (Phi) is 5.57. The van der Waals surface area contributed by atoms with Gasteiger partial charge in [-0.3, -0.25) is 0 Å². The highest BCUT2D eigenvalue weighted by atomic mass is 32.1.